The molecule has 1 amide bonds. The first kappa shape index (κ1) is 29.4. The number of hydrogen-bond donors (Lipinski definition) is 1. The standard InChI is InChI=1S/C28H33ClFN9O3/c1-4-36-10-12-37(13-11-36)25-16-23(32-24-14-18(3)39(35-24)28(41)42-5-2)33-27(34-25)31-20-8-9-38(17-20)26(40)21-7-6-19(29)15-22(21)30/h6-7,14-16H,4-5,8-13,17H2,1-3H3,(H,32,33,34,35). The summed E-state index contributed by atoms with van der Waals surface area (Å²) in [6.45, 7) is 10.9. The van der Waals surface area contributed by atoms with Crippen molar-refractivity contribution in [1.82, 2.24) is 29.5 Å². The lowest BCUT2D eigenvalue weighted by Gasteiger charge is -2.34. The second-order valence-electron chi connectivity index (χ2n) is 10.0. The summed E-state index contributed by atoms with van der Waals surface area (Å²) in [7, 11) is 0. The van der Waals surface area contributed by atoms with Crippen molar-refractivity contribution in [1.29, 1.82) is 0 Å². The van der Waals surface area contributed by atoms with Crippen LogP contribution in [0, 0.1) is 12.7 Å². The van der Waals surface area contributed by atoms with Gasteiger partial charge in [0.1, 0.15) is 17.5 Å². The van der Waals surface area contributed by atoms with Gasteiger partial charge in [-0.15, -0.1) is 5.10 Å². The van der Waals surface area contributed by atoms with E-state index in [0.29, 0.717) is 41.8 Å². The van der Waals surface area contributed by atoms with Crippen LogP contribution in [0.3, 0.4) is 0 Å². The van der Waals surface area contributed by atoms with E-state index in [-0.39, 0.29) is 29.7 Å². The fraction of sp³-hybridized carbons (Fsp3) is 0.429. The lowest BCUT2D eigenvalue weighted by molar-refractivity contribution is 0.0794. The summed E-state index contributed by atoms with van der Waals surface area (Å²) >= 11 is 5.84. The molecule has 3 aromatic rings. The van der Waals surface area contributed by atoms with E-state index in [4.69, 9.17) is 26.3 Å². The van der Waals surface area contributed by atoms with Gasteiger partial charge in [0.25, 0.3) is 11.9 Å². The molecule has 0 spiro atoms. The number of hydrogen-bond acceptors (Lipinski definition) is 10. The molecule has 0 radical (unpaired) electrons. The van der Waals surface area contributed by atoms with Crippen molar-refractivity contribution in [2.24, 2.45) is 4.99 Å². The smallest absolute Gasteiger partial charge is 0.434 e. The fourth-order valence-electron chi connectivity index (χ4n) is 4.91. The molecule has 2 fully saturated rings. The Morgan fingerprint density at radius 3 is 2.57 bits per heavy atom. The quantitative estimate of drug-likeness (QED) is 0.425. The summed E-state index contributed by atoms with van der Waals surface area (Å²) in [5.74, 6) is 0.734. The number of carbonyl (C=O) groups excluding carboxylic acids is 2. The van der Waals surface area contributed by atoms with Crippen molar-refractivity contribution in [3.8, 4) is 0 Å². The lowest BCUT2D eigenvalue weighted by Crippen LogP contribution is -2.46. The number of piperazine rings is 1. The van der Waals surface area contributed by atoms with Crippen LogP contribution < -0.4 is 10.2 Å². The molecule has 1 N–H and O–H groups in total. The van der Waals surface area contributed by atoms with E-state index in [9.17, 15) is 14.0 Å². The number of amides is 1. The number of likely N-dealkylation sites (N-methyl/N-ethyl adjacent to an activating group) is 1. The van der Waals surface area contributed by atoms with Gasteiger partial charge >= 0.3 is 6.09 Å². The highest BCUT2D eigenvalue weighted by atomic mass is 35.5. The maximum atomic E-state index is 14.4. The molecule has 0 saturated carbocycles. The SMILES string of the molecule is CCOC(=O)n1nc(Nc2cc(N3CCN(CC)CC3)nc(N=C3CCN(C(=O)c4ccc(Cl)cc4F)C3)n2)cc1C. The van der Waals surface area contributed by atoms with E-state index in [2.05, 4.69) is 32.1 Å². The summed E-state index contributed by atoms with van der Waals surface area (Å²) in [4.78, 5) is 45.3. The van der Waals surface area contributed by atoms with E-state index in [1.165, 1.54) is 16.8 Å². The molecule has 2 saturated heterocycles. The van der Waals surface area contributed by atoms with Crippen molar-refractivity contribution in [3.05, 3.63) is 52.4 Å². The first-order chi connectivity index (χ1) is 20.2. The van der Waals surface area contributed by atoms with Crippen LogP contribution in [-0.2, 0) is 4.74 Å². The molecule has 2 aliphatic heterocycles. The monoisotopic (exact) mass is 597 g/mol. The molecule has 5 rings (SSSR count). The first-order valence-corrected chi connectivity index (χ1v) is 14.3. The van der Waals surface area contributed by atoms with Crippen LogP contribution in [0.4, 0.5) is 32.6 Å². The maximum Gasteiger partial charge on any atom is 0.434 e. The average molecular weight is 598 g/mol. The number of nitrogens with zero attached hydrogens (tertiary/aromatic N) is 8. The van der Waals surface area contributed by atoms with E-state index in [1.807, 2.05) is 6.07 Å². The molecule has 2 aliphatic rings. The van der Waals surface area contributed by atoms with Crippen LogP contribution in [-0.4, -0.2) is 99.7 Å². The third-order valence-electron chi connectivity index (χ3n) is 7.18. The van der Waals surface area contributed by atoms with Gasteiger partial charge in [-0.25, -0.2) is 14.2 Å². The number of aliphatic imine (C=N–C) groups is 1. The molecule has 14 heteroatoms. The number of anilines is 3. The predicted octanol–water partition coefficient (Wildman–Crippen LogP) is 4.28. The lowest BCUT2D eigenvalue weighted by atomic mass is 10.2. The topological polar surface area (TPSA) is 121 Å². The van der Waals surface area contributed by atoms with Gasteiger partial charge in [-0.2, -0.15) is 14.6 Å². The summed E-state index contributed by atoms with van der Waals surface area (Å²) in [5.41, 5.74) is 1.28. The zero-order valence-corrected chi connectivity index (χ0v) is 24.6. The Bertz CT molecular complexity index is 1500. The Hall–Kier alpha value is -4.10. The minimum Gasteiger partial charge on any atom is -0.448 e. The Morgan fingerprint density at radius 1 is 1.07 bits per heavy atom. The molecule has 0 aliphatic carbocycles. The minimum absolute atomic E-state index is 0.0332. The van der Waals surface area contributed by atoms with Crippen LogP contribution in [0.25, 0.3) is 0 Å². The number of nitrogens with one attached hydrogen (secondary N) is 1. The fourth-order valence-corrected chi connectivity index (χ4v) is 5.07. The van der Waals surface area contributed by atoms with Crippen molar-refractivity contribution in [3.63, 3.8) is 0 Å². The normalized spacial score (nSPS) is 16.7. The molecule has 2 aromatic heterocycles. The number of rotatable bonds is 7. The molecule has 0 atom stereocenters. The number of benzene rings is 1. The zero-order chi connectivity index (χ0) is 29.8. The predicted molar refractivity (Wildman–Crippen MR) is 158 cm³/mol. The number of halogens is 2. The van der Waals surface area contributed by atoms with Gasteiger partial charge in [0.15, 0.2) is 5.82 Å². The van der Waals surface area contributed by atoms with Crippen LogP contribution >= 0.6 is 11.6 Å². The highest BCUT2D eigenvalue weighted by molar-refractivity contribution is 6.30. The molecular weight excluding hydrogens is 565 g/mol. The molecule has 4 heterocycles. The molecular formula is C28H33ClFN9O3. The van der Waals surface area contributed by atoms with E-state index < -0.39 is 17.8 Å². The van der Waals surface area contributed by atoms with Gasteiger partial charge in [-0.05, 0) is 38.6 Å². The highest BCUT2D eigenvalue weighted by Gasteiger charge is 2.27. The number of ether oxygens (including phenoxy) is 1. The van der Waals surface area contributed by atoms with Gasteiger partial charge in [-0.3, -0.25) is 4.79 Å². The highest BCUT2D eigenvalue weighted by Crippen LogP contribution is 2.25. The van der Waals surface area contributed by atoms with Gasteiger partial charge in [0.2, 0.25) is 0 Å². The molecule has 1 aromatic carbocycles. The van der Waals surface area contributed by atoms with E-state index in [1.54, 1.807) is 24.8 Å². The van der Waals surface area contributed by atoms with Gasteiger partial charge in [0, 0.05) is 67.7 Å². The minimum atomic E-state index is -0.659. The number of aromatic nitrogens is 4. The molecule has 0 bridgehead atoms. The van der Waals surface area contributed by atoms with Gasteiger partial charge < -0.3 is 24.8 Å². The number of aryl methyl sites for hydroxylation is 1. The first-order valence-electron chi connectivity index (χ1n) is 13.9. The van der Waals surface area contributed by atoms with Crippen LogP contribution in [0.1, 0.15) is 36.3 Å². The molecule has 0 unspecified atom stereocenters. The number of likely N-dealkylation sites (tertiary alicyclic amines) is 1. The van der Waals surface area contributed by atoms with Crippen LogP contribution in [0.2, 0.25) is 5.02 Å². The van der Waals surface area contributed by atoms with Gasteiger partial charge in [-0.1, -0.05) is 18.5 Å². The van der Waals surface area contributed by atoms with Crippen molar-refractivity contribution in [2.75, 3.05) is 62.6 Å². The average Bonchev–Trinajstić information content (AvgIpc) is 3.59. The third kappa shape index (κ3) is 6.68. The van der Waals surface area contributed by atoms with Gasteiger partial charge in [0.05, 0.1) is 18.7 Å². The van der Waals surface area contributed by atoms with Crippen molar-refractivity contribution >= 4 is 52.7 Å². The van der Waals surface area contributed by atoms with Crippen molar-refractivity contribution < 1.29 is 18.7 Å². The second kappa shape index (κ2) is 12.8. The summed E-state index contributed by atoms with van der Waals surface area (Å²) in [6, 6.07) is 7.57. The van der Waals surface area contributed by atoms with Crippen LogP contribution in [0.15, 0.2) is 35.3 Å². The third-order valence-corrected chi connectivity index (χ3v) is 7.41. The molecule has 12 nitrogen and oxygen atoms in total. The maximum absolute atomic E-state index is 14.4. The Morgan fingerprint density at radius 2 is 1.86 bits per heavy atom. The summed E-state index contributed by atoms with van der Waals surface area (Å²) < 4.78 is 20.6. The van der Waals surface area contributed by atoms with Crippen molar-refractivity contribution in [2.45, 2.75) is 27.2 Å². The second-order valence-corrected chi connectivity index (χ2v) is 10.5. The summed E-state index contributed by atoms with van der Waals surface area (Å²) in [5, 5.41) is 7.72. The number of carbonyl (C=O) groups is 2. The largest absolute Gasteiger partial charge is 0.448 e. The Balaban J connectivity index is 1.39. The van der Waals surface area contributed by atoms with E-state index in [0.717, 1.165) is 38.8 Å². The summed E-state index contributed by atoms with van der Waals surface area (Å²) in [6.07, 6.45) is -0.0542. The van der Waals surface area contributed by atoms with E-state index >= 15 is 0 Å². The molecule has 42 heavy (non-hydrogen) atoms. The Labute approximate surface area is 248 Å². The van der Waals surface area contributed by atoms with Crippen LogP contribution in [0.5, 0.6) is 0 Å². The molecule has 222 valence electrons. The zero-order valence-electron chi connectivity index (χ0n) is 23.8. The Kier molecular flexibility index (Phi) is 8.97.